The number of nitrogens with one attached hydrogen (secondary N) is 1. The fraction of sp³-hybridized carbons (Fsp3) is 0.516. The monoisotopic (exact) mass is 673 g/mol. The van der Waals surface area contributed by atoms with Crippen molar-refractivity contribution >= 4 is 46.7 Å². The average molecular weight is 674 g/mol. The number of hydrogen-bond acceptors (Lipinski definition) is 11. The predicted molar refractivity (Wildman–Crippen MR) is 170 cm³/mol. The third-order valence-corrected chi connectivity index (χ3v) is 10.3. The van der Waals surface area contributed by atoms with Crippen LogP contribution in [0.1, 0.15) is 36.9 Å². The van der Waals surface area contributed by atoms with Gasteiger partial charge in [0.15, 0.2) is 10.8 Å². The van der Waals surface area contributed by atoms with Gasteiger partial charge in [-0.15, -0.1) is 11.3 Å². The Hall–Kier alpha value is -3.59. The number of amidine groups is 1. The smallest absolute Gasteiger partial charge is 0.338 e. The summed E-state index contributed by atoms with van der Waals surface area (Å²) in [6.45, 7) is 7.25. The largest absolute Gasteiger partial charge is 0.468 e. The molecule has 4 aliphatic heterocycles. The molecule has 1 aromatic carbocycles. The Balaban J connectivity index is 1.24. The van der Waals surface area contributed by atoms with E-state index in [-0.39, 0.29) is 46.8 Å². The lowest BCUT2D eigenvalue weighted by Crippen LogP contribution is -2.53. The number of thiazole rings is 1. The molecule has 3 saturated heterocycles. The van der Waals surface area contributed by atoms with Crippen molar-refractivity contribution in [3.05, 3.63) is 62.5 Å². The molecule has 0 spiro atoms. The standard InChI is InChI=1S/C31H37ClFN7O5S/c1-17(2)39-14-19(12-24(39)29(41)44-3)40-15-20-13-37(8-9-38(20)31(40)43)16-23-25(30(42)45-4)26(21-6-5-18(33)11-22(21)32)36-27(35-23)28-34-7-10-46-28/h5-7,10-11,17,19-20,24,26H,8-9,12-16H2,1-4H3,(H,35,36)/t19?,20-,24-,26-/m0/s1. The van der Waals surface area contributed by atoms with Gasteiger partial charge < -0.3 is 24.6 Å². The topological polar surface area (TPSA) is 120 Å². The van der Waals surface area contributed by atoms with Crippen LogP contribution in [0.25, 0.3) is 0 Å². The number of aliphatic imine (C=N–C) groups is 1. The number of carbonyl (C=O) groups excluding carboxylic acids is 3. The summed E-state index contributed by atoms with van der Waals surface area (Å²) in [5.41, 5.74) is 1.32. The fourth-order valence-electron chi connectivity index (χ4n) is 6.94. The number of methoxy groups -OCH3 is 2. The van der Waals surface area contributed by atoms with Gasteiger partial charge >= 0.3 is 18.0 Å². The summed E-state index contributed by atoms with van der Waals surface area (Å²) in [4.78, 5) is 56.8. The zero-order valence-corrected chi connectivity index (χ0v) is 27.7. The first-order valence-corrected chi connectivity index (χ1v) is 16.5. The Morgan fingerprint density at radius 1 is 1.13 bits per heavy atom. The summed E-state index contributed by atoms with van der Waals surface area (Å²) in [5, 5.41) is 5.94. The minimum absolute atomic E-state index is 0.0154. The number of hydrogen-bond donors (Lipinski definition) is 1. The number of ether oxygens (including phenoxy) is 2. The summed E-state index contributed by atoms with van der Waals surface area (Å²) < 4.78 is 24.3. The molecule has 2 amide bonds. The van der Waals surface area contributed by atoms with E-state index in [0.717, 1.165) is 0 Å². The molecule has 0 aliphatic carbocycles. The molecule has 5 heterocycles. The van der Waals surface area contributed by atoms with Crippen LogP contribution < -0.4 is 5.32 Å². The van der Waals surface area contributed by atoms with E-state index in [2.05, 4.69) is 20.1 Å². The van der Waals surface area contributed by atoms with Crippen molar-refractivity contribution in [1.82, 2.24) is 29.9 Å². The van der Waals surface area contributed by atoms with Gasteiger partial charge in [-0.25, -0.2) is 19.0 Å². The van der Waals surface area contributed by atoms with E-state index in [1.807, 2.05) is 29.0 Å². The second-order valence-corrected chi connectivity index (χ2v) is 13.4. The number of halogens is 2. The number of rotatable bonds is 8. The number of esters is 2. The van der Waals surface area contributed by atoms with Crippen molar-refractivity contribution < 1.29 is 28.2 Å². The molecule has 46 heavy (non-hydrogen) atoms. The van der Waals surface area contributed by atoms with Crippen LogP contribution in [-0.4, -0.2) is 126 Å². The van der Waals surface area contributed by atoms with Crippen molar-refractivity contribution in [2.45, 2.75) is 50.5 Å². The Morgan fingerprint density at radius 2 is 1.93 bits per heavy atom. The molecular weight excluding hydrogens is 637 g/mol. The minimum Gasteiger partial charge on any atom is -0.468 e. The lowest BCUT2D eigenvalue weighted by Gasteiger charge is -2.38. The lowest BCUT2D eigenvalue weighted by atomic mass is 9.95. The van der Waals surface area contributed by atoms with Crippen LogP contribution in [0, 0.1) is 5.82 Å². The van der Waals surface area contributed by atoms with Gasteiger partial charge in [0.05, 0.1) is 25.8 Å². The molecule has 4 aliphatic rings. The number of aromatic nitrogens is 1. The van der Waals surface area contributed by atoms with Gasteiger partial charge in [0.1, 0.15) is 17.9 Å². The first kappa shape index (κ1) is 32.4. The molecule has 12 nitrogen and oxygen atoms in total. The van der Waals surface area contributed by atoms with Crippen molar-refractivity contribution in [2.75, 3.05) is 53.5 Å². The highest BCUT2D eigenvalue weighted by Gasteiger charge is 2.48. The minimum atomic E-state index is -0.852. The quantitative estimate of drug-likeness (QED) is 0.422. The molecule has 0 bridgehead atoms. The maximum atomic E-state index is 14.0. The highest BCUT2D eigenvalue weighted by atomic mass is 35.5. The van der Waals surface area contributed by atoms with Gasteiger partial charge in [-0.3, -0.25) is 19.6 Å². The molecule has 1 unspecified atom stereocenters. The Morgan fingerprint density at radius 3 is 2.61 bits per heavy atom. The Labute approximate surface area is 275 Å². The van der Waals surface area contributed by atoms with E-state index in [0.29, 0.717) is 67.8 Å². The Kier molecular flexibility index (Phi) is 9.33. The van der Waals surface area contributed by atoms with E-state index >= 15 is 0 Å². The van der Waals surface area contributed by atoms with Crippen molar-refractivity contribution in [2.24, 2.45) is 4.99 Å². The summed E-state index contributed by atoms with van der Waals surface area (Å²) in [6, 6.07) is 2.75. The number of amides is 2. The number of fused-ring (bicyclic) bond motifs is 1. The molecule has 15 heteroatoms. The van der Waals surface area contributed by atoms with E-state index in [4.69, 9.17) is 26.1 Å². The highest BCUT2D eigenvalue weighted by Crippen LogP contribution is 2.37. The van der Waals surface area contributed by atoms with E-state index in [9.17, 15) is 18.8 Å². The molecule has 246 valence electrons. The van der Waals surface area contributed by atoms with Crippen LogP contribution >= 0.6 is 22.9 Å². The number of urea groups is 1. The van der Waals surface area contributed by atoms with Crippen LogP contribution in [0.15, 0.2) is 46.0 Å². The summed E-state index contributed by atoms with van der Waals surface area (Å²) >= 11 is 7.89. The second-order valence-electron chi connectivity index (χ2n) is 12.1. The number of benzene rings is 1. The van der Waals surface area contributed by atoms with Crippen LogP contribution in [0.5, 0.6) is 0 Å². The number of piperazine rings is 1. The molecule has 0 saturated carbocycles. The van der Waals surface area contributed by atoms with Gasteiger partial charge in [0, 0.05) is 79.2 Å². The SMILES string of the molecule is COC(=O)C1=C(CN2CCN3C(=O)N(C4C[C@@H](C(=O)OC)N(C(C)C)C4)C[C@@H]3C2)NC(c2nccs2)=N[C@H]1c1ccc(F)cc1Cl. The van der Waals surface area contributed by atoms with Crippen LogP contribution in [0.2, 0.25) is 5.02 Å². The number of nitrogens with zero attached hydrogens (tertiary/aromatic N) is 6. The maximum absolute atomic E-state index is 14.0. The number of carbonyl (C=O) groups is 3. The van der Waals surface area contributed by atoms with Crippen LogP contribution in [0.4, 0.5) is 9.18 Å². The molecule has 1 N–H and O–H groups in total. The zero-order valence-electron chi connectivity index (χ0n) is 26.1. The zero-order chi connectivity index (χ0) is 32.7. The summed E-state index contributed by atoms with van der Waals surface area (Å²) in [5.74, 6) is -0.877. The first-order chi connectivity index (χ1) is 22.1. The van der Waals surface area contributed by atoms with E-state index in [1.165, 1.54) is 43.8 Å². The molecule has 6 rings (SSSR count). The van der Waals surface area contributed by atoms with Crippen molar-refractivity contribution in [3.8, 4) is 0 Å². The van der Waals surface area contributed by atoms with Gasteiger partial charge in [0.2, 0.25) is 0 Å². The van der Waals surface area contributed by atoms with Gasteiger partial charge in [-0.2, -0.15) is 0 Å². The van der Waals surface area contributed by atoms with Crippen LogP contribution in [0.3, 0.4) is 0 Å². The average Bonchev–Trinajstić information content (AvgIpc) is 3.80. The second kappa shape index (κ2) is 13.3. The molecule has 0 radical (unpaired) electrons. The highest BCUT2D eigenvalue weighted by molar-refractivity contribution is 7.11. The maximum Gasteiger partial charge on any atom is 0.338 e. The molecule has 2 aromatic rings. The van der Waals surface area contributed by atoms with Gasteiger partial charge in [0.25, 0.3) is 0 Å². The van der Waals surface area contributed by atoms with Crippen molar-refractivity contribution in [1.29, 1.82) is 0 Å². The predicted octanol–water partition coefficient (Wildman–Crippen LogP) is 2.90. The Bertz CT molecular complexity index is 1570. The first-order valence-electron chi connectivity index (χ1n) is 15.2. The molecule has 4 atom stereocenters. The lowest BCUT2D eigenvalue weighted by molar-refractivity contribution is -0.146. The van der Waals surface area contributed by atoms with Gasteiger partial charge in [-0.1, -0.05) is 17.7 Å². The molecule has 1 aromatic heterocycles. The van der Waals surface area contributed by atoms with Gasteiger partial charge in [-0.05, 0) is 32.4 Å². The van der Waals surface area contributed by atoms with E-state index < -0.39 is 17.8 Å². The fourth-order valence-corrected chi connectivity index (χ4v) is 7.80. The normalized spacial score (nSPS) is 25.5. The summed E-state index contributed by atoms with van der Waals surface area (Å²) in [6.07, 6.45) is 2.20. The van der Waals surface area contributed by atoms with Crippen LogP contribution in [-0.2, 0) is 19.1 Å². The number of likely N-dealkylation sites (tertiary alicyclic amines) is 1. The summed E-state index contributed by atoms with van der Waals surface area (Å²) in [7, 11) is 2.70. The molecular formula is C31H37ClFN7O5S. The van der Waals surface area contributed by atoms with Crippen molar-refractivity contribution in [3.63, 3.8) is 0 Å². The third-order valence-electron chi connectivity index (χ3n) is 9.17. The van der Waals surface area contributed by atoms with E-state index in [1.54, 1.807) is 6.20 Å². The molecule has 3 fully saturated rings. The third kappa shape index (κ3) is 6.10.